The topological polar surface area (TPSA) is 97.1 Å². The second kappa shape index (κ2) is 11.7. The van der Waals surface area contributed by atoms with E-state index >= 15 is 0 Å². The number of morpholine rings is 1. The van der Waals surface area contributed by atoms with Crippen molar-refractivity contribution in [3.05, 3.63) is 18.2 Å². The molecule has 0 aliphatic carbocycles. The Kier molecular flexibility index (Phi) is 9.57. The van der Waals surface area contributed by atoms with Gasteiger partial charge in [-0.05, 0) is 23.5 Å². The molecule has 0 radical (unpaired) electrons. The van der Waals surface area contributed by atoms with Crippen LogP contribution in [0.5, 0.6) is 5.75 Å². The Hall–Kier alpha value is -2.30. The SMILES string of the molecule is CC(C)CN(CC(C)(C)C)[C@@H](CN)C(=O)Nc1ccc(N2CCOCC2=O)c(OC(F)F)c1. The number of nitrogens with one attached hydrogen (secondary N) is 1. The molecule has 0 aromatic heterocycles. The third-order valence-corrected chi connectivity index (χ3v) is 4.96. The third kappa shape index (κ3) is 8.21. The zero-order chi connectivity index (χ0) is 24.8. The second-order valence-corrected chi connectivity index (χ2v) is 9.78. The fraction of sp³-hybridized carbons (Fsp3) is 0.652. The first kappa shape index (κ1) is 26.9. The van der Waals surface area contributed by atoms with E-state index in [-0.39, 0.29) is 60.7 Å². The molecular formula is C23H36F2N4O4. The highest BCUT2D eigenvalue weighted by atomic mass is 19.3. The van der Waals surface area contributed by atoms with Gasteiger partial charge in [0.1, 0.15) is 12.6 Å². The van der Waals surface area contributed by atoms with Gasteiger partial charge in [0.25, 0.3) is 5.91 Å². The molecule has 1 aliphatic rings. The predicted octanol–water partition coefficient (Wildman–Crippen LogP) is 2.92. The number of alkyl halides is 2. The minimum atomic E-state index is -3.09. The van der Waals surface area contributed by atoms with Gasteiger partial charge in [-0.1, -0.05) is 34.6 Å². The lowest BCUT2D eigenvalue weighted by Gasteiger charge is -2.36. The van der Waals surface area contributed by atoms with E-state index < -0.39 is 12.7 Å². The molecule has 3 N–H and O–H groups in total. The van der Waals surface area contributed by atoms with Crippen molar-refractivity contribution in [2.75, 3.05) is 49.6 Å². The average molecular weight is 471 g/mol. The molecule has 0 unspecified atom stereocenters. The van der Waals surface area contributed by atoms with Gasteiger partial charge < -0.3 is 25.4 Å². The maximum atomic E-state index is 13.1. The Balaban J connectivity index is 2.27. The lowest BCUT2D eigenvalue weighted by molar-refractivity contribution is -0.126. The molecule has 8 nitrogen and oxygen atoms in total. The van der Waals surface area contributed by atoms with Gasteiger partial charge in [0, 0.05) is 37.9 Å². The van der Waals surface area contributed by atoms with Crippen molar-refractivity contribution in [3.63, 3.8) is 0 Å². The first-order valence-corrected chi connectivity index (χ1v) is 11.1. The normalized spacial score (nSPS) is 16.0. The van der Waals surface area contributed by atoms with Crippen LogP contribution in [0.4, 0.5) is 20.2 Å². The van der Waals surface area contributed by atoms with Gasteiger partial charge in [0.2, 0.25) is 5.91 Å². The summed E-state index contributed by atoms with van der Waals surface area (Å²) in [5.74, 6) is -0.561. The summed E-state index contributed by atoms with van der Waals surface area (Å²) < 4.78 is 35.9. The number of nitrogens with zero attached hydrogens (tertiary/aromatic N) is 2. The highest BCUT2D eigenvalue weighted by Crippen LogP contribution is 2.33. The van der Waals surface area contributed by atoms with E-state index in [4.69, 9.17) is 10.5 Å². The minimum absolute atomic E-state index is 0.0484. The number of hydrogen-bond donors (Lipinski definition) is 2. The van der Waals surface area contributed by atoms with Gasteiger partial charge in [-0.25, -0.2) is 0 Å². The van der Waals surface area contributed by atoms with E-state index in [1.54, 1.807) is 6.07 Å². The van der Waals surface area contributed by atoms with E-state index in [1.807, 2.05) is 0 Å². The first-order valence-electron chi connectivity index (χ1n) is 11.1. The maximum Gasteiger partial charge on any atom is 0.387 e. The molecule has 1 fully saturated rings. The highest BCUT2D eigenvalue weighted by Gasteiger charge is 2.29. The Morgan fingerprint density at radius 3 is 2.58 bits per heavy atom. The first-order chi connectivity index (χ1) is 15.4. The molecule has 1 heterocycles. The number of anilines is 2. The number of benzene rings is 1. The van der Waals surface area contributed by atoms with Crippen LogP contribution >= 0.6 is 0 Å². The predicted molar refractivity (Wildman–Crippen MR) is 124 cm³/mol. The third-order valence-electron chi connectivity index (χ3n) is 4.96. The van der Waals surface area contributed by atoms with Crippen molar-refractivity contribution in [1.82, 2.24) is 4.90 Å². The van der Waals surface area contributed by atoms with Crippen molar-refractivity contribution in [2.24, 2.45) is 17.1 Å². The van der Waals surface area contributed by atoms with Gasteiger partial charge in [-0.2, -0.15) is 8.78 Å². The molecule has 0 bridgehead atoms. The van der Waals surface area contributed by atoms with Crippen molar-refractivity contribution >= 4 is 23.2 Å². The minimum Gasteiger partial charge on any atom is -0.433 e. The molecular weight excluding hydrogens is 434 g/mol. The van der Waals surface area contributed by atoms with Crippen LogP contribution in [-0.4, -0.2) is 68.8 Å². The van der Waals surface area contributed by atoms with E-state index in [0.717, 1.165) is 0 Å². The largest absolute Gasteiger partial charge is 0.433 e. The number of amides is 2. The van der Waals surface area contributed by atoms with E-state index in [0.29, 0.717) is 19.0 Å². The number of rotatable bonds is 10. The molecule has 10 heteroatoms. The molecule has 1 aromatic carbocycles. The Labute approximate surface area is 194 Å². The van der Waals surface area contributed by atoms with E-state index in [1.165, 1.54) is 17.0 Å². The van der Waals surface area contributed by atoms with Gasteiger partial charge in [-0.15, -0.1) is 0 Å². The summed E-state index contributed by atoms with van der Waals surface area (Å²) in [7, 11) is 0. The molecule has 1 aromatic rings. The summed E-state index contributed by atoms with van der Waals surface area (Å²) >= 11 is 0. The number of nitrogens with two attached hydrogens (primary N) is 1. The summed E-state index contributed by atoms with van der Waals surface area (Å²) in [6.45, 7) is 9.15. The maximum absolute atomic E-state index is 13.1. The van der Waals surface area contributed by atoms with Crippen molar-refractivity contribution in [2.45, 2.75) is 47.3 Å². The number of ether oxygens (including phenoxy) is 2. The number of carbonyl (C=O) groups excluding carboxylic acids is 2. The Morgan fingerprint density at radius 2 is 2.03 bits per heavy atom. The molecule has 186 valence electrons. The number of carbonyl (C=O) groups is 2. The fourth-order valence-corrected chi connectivity index (χ4v) is 3.81. The van der Waals surface area contributed by atoms with Crippen molar-refractivity contribution in [3.8, 4) is 5.75 Å². The molecule has 0 spiro atoms. The molecule has 1 aliphatic heterocycles. The van der Waals surface area contributed by atoms with Gasteiger partial charge in [-0.3, -0.25) is 14.5 Å². The highest BCUT2D eigenvalue weighted by molar-refractivity contribution is 5.98. The van der Waals surface area contributed by atoms with E-state index in [2.05, 4.69) is 49.6 Å². The van der Waals surface area contributed by atoms with Crippen LogP contribution in [0.15, 0.2) is 18.2 Å². The van der Waals surface area contributed by atoms with Crippen LogP contribution in [0.25, 0.3) is 0 Å². The van der Waals surface area contributed by atoms with Crippen LogP contribution in [0.3, 0.4) is 0 Å². The summed E-state index contributed by atoms with van der Waals surface area (Å²) in [5.41, 5.74) is 6.40. The Bertz CT molecular complexity index is 814. The molecule has 0 saturated carbocycles. The van der Waals surface area contributed by atoms with Crippen LogP contribution in [0.1, 0.15) is 34.6 Å². The molecule has 1 saturated heterocycles. The van der Waals surface area contributed by atoms with Gasteiger partial charge >= 0.3 is 6.61 Å². The number of hydrogen-bond acceptors (Lipinski definition) is 6. The van der Waals surface area contributed by atoms with Gasteiger partial charge in [0.05, 0.1) is 12.3 Å². The number of halogens is 2. The average Bonchev–Trinajstić information content (AvgIpc) is 2.67. The zero-order valence-electron chi connectivity index (χ0n) is 20.1. The molecule has 2 amide bonds. The molecule has 1 atom stereocenters. The standard InChI is InChI=1S/C23H36F2N4O4/c1-15(2)12-28(14-23(3,4)5)18(11-26)21(31)27-16-6-7-17(19(10-16)33-22(24)25)29-8-9-32-13-20(29)30/h6-7,10,15,18,22H,8-9,11-14,26H2,1-5H3,(H,27,31)/t18-/m0/s1. The molecule has 2 rings (SSSR count). The summed E-state index contributed by atoms with van der Waals surface area (Å²) in [4.78, 5) is 28.7. The van der Waals surface area contributed by atoms with Crippen molar-refractivity contribution < 1.29 is 27.8 Å². The van der Waals surface area contributed by atoms with Gasteiger partial charge in [0.15, 0.2) is 5.75 Å². The van der Waals surface area contributed by atoms with Crippen molar-refractivity contribution in [1.29, 1.82) is 0 Å². The van der Waals surface area contributed by atoms with Crippen LogP contribution in [0, 0.1) is 11.3 Å². The zero-order valence-corrected chi connectivity index (χ0v) is 20.1. The van der Waals surface area contributed by atoms with Crippen LogP contribution in [0.2, 0.25) is 0 Å². The summed E-state index contributed by atoms with van der Waals surface area (Å²) in [6.07, 6.45) is 0. The summed E-state index contributed by atoms with van der Waals surface area (Å²) in [5, 5.41) is 2.77. The van der Waals surface area contributed by atoms with Crippen LogP contribution < -0.4 is 20.7 Å². The Morgan fingerprint density at radius 1 is 1.33 bits per heavy atom. The smallest absolute Gasteiger partial charge is 0.387 e. The summed E-state index contributed by atoms with van der Waals surface area (Å²) in [6, 6.07) is 3.74. The van der Waals surface area contributed by atoms with Crippen LogP contribution in [-0.2, 0) is 14.3 Å². The van der Waals surface area contributed by atoms with E-state index in [9.17, 15) is 18.4 Å². The lowest BCUT2D eigenvalue weighted by Crippen LogP contribution is -2.52. The quantitative estimate of drug-likeness (QED) is 0.546. The fourth-order valence-electron chi connectivity index (χ4n) is 3.81. The molecule has 33 heavy (non-hydrogen) atoms. The lowest BCUT2D eigenvalue weighted by atomic mass is 9.94. The second-order valence-electron chi connectivity index (χ2n) is 9.78. The monoisotopic (exact) mass is 470 g/mol.